The number of unbranched alkanes of at least 4 members (excludes halogenated alkanes) is 1. The van der Waals surface area contributed by atoms with Crippen molar-refractivity contribution in [3.63, 3.8) is 0 Å². The fourth-order valence-electron chi connectivity index (χ4n) is 0.824. The van der Waals surface area contributed by atoms with Crippen LogP contribution in [0.1, 0.15) is 33.6 Å². The maximum absolute atomic E-state index is 4.96. The molecule has 0 spiro atoms. The summed E-state index contributed by atoms with van der Waals surface area (Å²) in [7, 11) is 1.74. The molecule has 0 unspecified atom stereocenters. The smallest absolute Gasteiger partial charge is 0.0462 e. The van der Waals surface area contributed by atoms with Crippen molar-refractivity contribution in [1.82, 2.24) is 5.32 Å². The van der Waals surface area contributed by atoms with Crippen LogP contribution in [0.25, 0.3) is 0 Å². The molecule has 0 bridgehead atoms. The molecule has 0 aromatic heterocycles. The largest absolute Gasteiger partial charge is 0.389 e. The number of rotatable bonds is 6. The summed E-state index contributed by atoms with van der Waals surface area (Å²) in [4.78, 5) is 0. The van der Waals surface area contributed by atoms with Gasteiger partial charge in [-0.1, -0.05) is 5.57 Å². The Morgan fingerprint density at radius 1 is 1.17 bits per heavy atom. The number of allylic oxidation sites excluding steroid dienone is 2. The fraction of sp³-hybridized carbons (Fsp3) is 0.800. The van der Waals surface area contributed by atoms with Crippen molar-refractivity contribution in [3.8, 4) is 0 Å². The Morgan fingerprint density at radius 3 is 2.33 bits per heavy atom. The van der Waals surface area contributed by atoms with Crippen LogP contribution in [0.5, 0.6) is 0 Å². The van der Waals surface area contributed by atoms with Gasteiger partial charge < -0.3 is 10.1 Å². The average Bonchev–Trinajstić information content (AvgIpc) is 2.03. The Balaban J connectivity index is 3.26. The van der Waals surface area contributed by atoms with Crippen LogP contribution in [0.15, 0.2) is 11.3 Å². The molecule has 0 fully saturated rings. The molecular weight excluding hydrogens is 150 g/mol. The number of methoxy groups -OCH3 is 1. The van der Waals surface area contributed by atoms with Crippen molar-refractivity contribution in [2.75, 3.05) is 20.3 Å². The van der Waals surface area contributed by atoms with Gasteiger partial charge in [-0.15, -0.1) is 0 Å². The van der Waals surface area contributed by atoms with E-state index >= 15 is 0 Å². The van der Waals surface area contributed by atoms with E-state index in [1.54, 1.807) is 7.11 Å². The minimum atomic E-state index is 0.871. The van der Waals surface area contributed by atoms with E-state index in [9.17, 15) is 0 Å². The molecule has 0 heterocycles. The monoisotopic (exact) mass is 171 g/mol. The van der Waals surface area contributed by atoms with Gasteiger partial charge in [-0.25, -0.2) is 0 Å². The Hall–Kier alpha value is -0.500. The Kier molecular flexibility index (Phi) is 6.87. The first-order valence-electron chi connectivity index (χ1n) is 4.55. The molecule has 1 N–H and O–H groups in total. The SMILES string of the molecule is COCCCCNC(C)=C(C)C. The van der Waals surface area contributed by atoms with E-state index in [4.69, 9.17) is 4.74 Å². The average molecular weight is 171 g/mol. The van der Waals surface area contributed by atoms with Crippen molar-refractivity contribution in [2.24, 2.45) is 0 Å². The Morgan fingerprint density at radius 2 is 1.83 bits per heavy atom. The fourth-order valence-corrected chi connectivity index (χ4v) is 0.824. The molecule has 0 atom stereocenters. The van der Waals surface area contributed by atoms with Crippen molar-refractivity contribution in [3.05, 3.63) is 11.3 Å². The second kappa shape index (κ2) is 7.17. The van der Waals surface area contributed by atoms with Crippen molar-refractivity contribution >= 4 is 0 Å². The second-order valence-corrected chi connectivity index (χ2v) is 3.25. The van der Waals surface area contributed by atoms with E-state index in [1.165, 1.54) is 17.7 Å². The lowest BCUT2D eigenvalue weighted by atomic mass is 10.2. The summed E-state index contributed by atoms with van der Waals surface area (Å²) >= 11 is 0. The van der Waals surface area contributed by atoms with Gasteiger partial charge in [0.1, 0.15) is 0 Å². The third-order valence-corrected chi connectivity index (χ3v) is 1.92. The first-order valence-corrected chi connectivity index (χ1v) is 4.55. The van der Waals surface area contributed by atoms with Crippen LogP contribution >= 0.6 is 0 Å². The third-order valence-electron chi connectivity index (χ3n) is 1.92. The summed E-state index contributed by atoms with van der Waals surface area (Å²) in [6, 6.07) is 0. The summed E-state index contributed by atoms with van der Waals surface area (Å²) in [6.45, 7) is 8.29. The minimum Gasteiger partial charge on any atom is -0.389 e. The van der Waals surface area contributed by atoms with E-state index in [0.717, 1.165) is 19.6 Å². The summed E-state index contributed by atoms with van der Waals surface area (Å²) in [5.41, 5.74) is 2.66. The summed E-state index contributed by atoms with van der Waals surface area (Å²) in [6.07, 6.45) is 2.32. The zero-order valence-corrected chi connectivity index (χ0v) is 8.74. The number of hydrogen-bond donors (Lipinski definition) is 1. The summed E-state index contributed by atoms with van der Waals surface area (Å²) in [5, 5.41) is 3.37. The van der Waals surface area contributed by atoms with Crippen LogP contribution in [0.3, 0.4) is 0 Å². The van der Waals surface area contributed by atoms with E-state index in [2.05, 4.69) is 26.1 Å². The normalized spacial score (nSPS) is 9.67. The molecule has 0 saturated heterocycles. The molecule has 0 saturated carbocycles. The van der Waals surface area contributed by atoms with Gasteiger partial charge in [0.25, 0.3) is 0 Å². The first-order chi connectivity index (χ1) is 5.68. The van der Waals surface area contributed by atoms with Gasteiger partial charge in [0, 0.05) is 26.0 Å². The highest BCUT2D eigenvalue weighted by molar-refractivity contribution is 5.03. The number of nitrogens with one attached hydrogen (secondary N) is 1. The number of hydrogen-bond acceptors (Lipinski definition) is 2. The lowest BCUT2D eigenvalue weighted by Crippen LogP contribution is -2.14. The van der Waals surface area contributed by atoms with Crippen LogP contribution in [0.4, 0.5) is 0 Å². The molecule has 0 aromatic carbocycles. The molecule has 0 aliphatic rings. The van der Waals surface area contributed by atoms with Crippen LogP contribution in [0.2, 0.25) is 0 Å². The van der Waals surface area contributed by atoms with Gasteiger partial charge in [0.15, 0.2) is 0 Å². The summed E-state index contributed by atoms with van der Waals surface area (Å²) in [5.74, 6) is 0. The van der Waals surface area contributed by atoms with Gasteiger partial charge in [-0.2, -0.15) is 0 Å². The highest BCUT2D eigenvalue weighted by Gasteiger charge is 1.90. The van der Waals surface area contributed by atoms with Crippen LogP contribution in [-0.2, 0) is 4.74 Å². The van der Waals surface area contributed by atoms with Crippen LogP contribution in [-0.4, -0.2) is 20.3 Å². The minimum absolute atomic E-state index is 0.871. The van der Waals surface area contributed by atoms with Crippen molar-refractivity contribution in [1.29, 1.82) is 0 Å². The van der Waals surface area contributed by atoms with Gasteiger partial charge in [-0.05, 0) is 33.6 Å². The topological polar surface area (TPSA) is 21.3 Å². The predicted octanol–water partition coefficient (Wildman–Crippen LogP) is 2.32. The van der Waals surface area contributed by atoms with Gasteiger partial charge in [0.2, 0.25) is 0 Å². The van der Waals surface area contributed by atoms with Crippen molar-refractivity contribution in [2.45, 2.75) is 33.6 Å². The van der Waals surface area contributed by atoms with Crippen molar-refractivity contribution < 1.29 is 4.74 Å². The Bertz CT molecular complexity index is 137. The predicted molar refractivity (Wildman–Crippen MR) is 53.2 cm³/mol. The molecule has 0 rings (SSSR count). The van der Waals surface area contributed by atoms with Gasteiger partial charge in [0.05, 0.1) is 0 Å². The first kappa shape index (κ1) is 11.5. The highest BCUT2D eigenvalue weighted by Crippen LogP contribution is 1.97. The molecule has 0 aromatic rings. The highest BCUT2D eigenvalue weighted by atomic mass is 16.5. The number of ether oxygens (including phenoxy) is 1. The van der Waals surface area contributed by atoms with E-state index in [-0.39, 0.29) is 0 Å². The lowest BCUT2D eigenvalue weighted by molar-refractivity contribution is 0.193. The zero-order chi connectivity index (χ0) is 9.40. The molecule has 12 heavy (non-hydrogen) atoms. The van der Waals surface area contributed by atoms with Gasteiger partial charge >= 0.3 is 0 Å². The van der Waals surface area contributed by atoms with Crippen LogP contribution in [0, 0.1) is 0 Å². The molecule has 72 valence electrons. The quantitative estimate of drug-likeness (QED) is 0.619. The second-order valence-electron chi connectivity index (χ2n) is 3.25. The maximum atomic E-state index is 4.96. The van der Waals surface area contributed by atoms with E-state index < -0.39 is 0 Å². The summed E-state index contributed by atoms with van der Waals surface area (Å²) < 4.78 is 4.96. The molecule has 2 heteroatoms. The molecule has 0 radical (unpaired) electrons. The maximum Gasteiger partial charge on any atom is 0.0462 e. The lowest BCUT2D eigenvalue weighted by Gasteiger charge is -2.07. The standard InChI is InChI=1S/C10H21NO/c1-9(2)10(3)11-7-5-6-8-12-4/h11H,5-8H2,1-4H3. The van der Waals surface area contributed by atoms with E-state index in [0.29, 0.717) is 0 Å². The molecule has 0 aliphatic carbocycles. The molecule has 0 aliphatic heterocycles. The molecule has 0 amide bonds. The van der Waals surface area contributed by atoms with E-state index in [1.807, 2.05) is 0 Å². The molecule has 2 nitrogen and oxygen atoms in total. The molecular formula is C10H21NO. The Labute approximate surface area is 76.0 Å². The van der Waals surface area contributed by atoms with Gasteiger partial charge in [-0.3, -0.25) is 0 Å². The van der Waals surface area contributed by atoms with Crippen LogP contribution < -0.4 is 5.32 Å². The zero-order valence-electron chi connectivity index (χ0n) is 8.74. The third kappa shape index (κ3) is 6.23.